The molecule has 1 aromatic rings. The Kier molecular flexibility index (Phi) is 5.38. The average molecular weight is 384 g/mol. The molecule has 0 aliphatic rings. The fourth-order valence-electron chi connectivity index (χ4n) is 1.02. The molecule has 0 fully saturated rings. The molecule has 0 saturated carbocycles. The molecule has 1 aromatic carbocycles. The Hall–Kier alpha value is -0.300. The van der Waals surface area contributed by atoms with Gasteiger partial charge in [0.1, 0.15) is 4.83 Å². The third-order valence-corrected chi connectivity index (χ3v) is 3.44. The molecule has 0 radical (unpaired) electrons. The number of hydrogen-bond acceptors (Lipinski definition) is 3. The van der Waals surface area contributed by atoms with E-state index in [1.165, 1.54) is 7.11 Å². The van der Waals surface area contributed by atoms with Crippen molar-refractivity contribution in [3.63, 3.8) is 0 Å². The van der Waals surface area contributed by atoms with Crippen LogP contribution in [0.5, 0.6) is 0 Å². The summed E-state index contributed by atoms with van der Waals surface area (Å²) in [6.45, 7) is 0.507. The van der Waals surface area contributed by atoms with Crippen LogP contribution in [0, 0.1) is 3.57 Å². The summed E-state index contributed by atoms with van der Waals surface area (Å²) in [5.41, 5.74) is 1.02. The number of para-hydroxylation sites is 1. The molecule has 0 amide bonds. The summed E-state index contributed by atoms with van der Waals surface area (Å²) in [5, 5.41) is 3.17. The van der Waals surface area contributed by atoms with E-state index in [0.717, 1.165) is 9.26 Å². The third-order valence-electron chi connectivity index (χ3n) is 1.80. The number of benzene rings is 1. The van der Waals surface area contributed by atoms with Crippen molar-refractivity contribution in [3.8, 4) is 0 Å². The maximum absolute atomic E-state index is 11.1. The van der Waals surface area contributed by atoms with Gasteiger partial charge in [-0.05, 0) is 34.7 Å². The van der Waals surface area contributed by atoms with Crippen molar-refractivity contribution in [2.45, 2.75) is 4.83 Å². The van der Waals surface area contributed by atoms with Crippen molar-refractivity contribution in [1.82, 2.24) is 0 Å². The van der Waals surface area contributed by atoms with Gasteiger partial charge in [-0.3, -0.25) is 4.79 Å². The van der Waals surface area contributed by atoms with Crippen LogP contribution < -0.4 is 5.32 Å². The second-order valence-electron chi connectivity index (χ2n) is 2.85. The molecule has 5 heteroatoms. The lowest BCUT2D eigenvalue weighted by Gasteiger charge is -2.11. The lowest BCUT2D eigenvalue weighted by molar-refractivity contribution is -0.139. The van der Waals surface area contributed by atoms with Crippen molar-refractivity contribution in [2.75, 3.05) is 19.0 Å². The van der Waals surface area contributed by atoms with Gasteiger partial charge in [-0.1, -0.05) is 28.1 Å². The summed E-state index contributed by atoms with van der Waals surface area (Å²) in [5.74, 6) is -0.270. The molecule has 3 nitrogen and oxygen atoms in total. The van der Waals surface area contributed by atoms with E-state index in [2.05, 4.69) is 48.6 Å². The molecule has 0 aliphatic carbocycles. The van der Waals surface area contributed by atoms with Gasteiger partial charge in [0, 0.05) is 15.8 Å². The van der Waals surface area contributed by atoms with E-state index in [1.54, 1.807) is 0 Å². The van der Waals surface area contributed by atoms with E-state index in [9.17, 15) is 4.79 Å². The molecule has 0 aromatic heterocycles. The minimum atomic E-state index is -0.321. The van der Waals surface area contributed by atoms with E-state index in [0.29, 0.717) is 6.54 Å². The Balaban J connectivity index is 2.50. The molecular weight excluding hydrogens is 373 g/mol. The van der Waals surface area contributed by atoms with Crippen LogP contribution in [0.1, 0.15) is 0 Å². The van der Waals surface area contributed by atoms with Gasteiger partial charge < -0.3 is 10.1 Å². The molecule has 1 atom stereocenters. The molecular formula is C10H11BrINO2. The Morgan fingerprint density at radius 1 is 1.60 bits per heavy atom. The number of alkyl halides is 1. The minimum Gasteiger partial charge on any atom is -0.468 e. The first-order valence-corrected chi connectivity index (χ1v) is 6.35. The van der Waals surface area contributed by atoms with Crippen molar-refractivity contribution in [1.29, 1.82) is 0 Å². The van der Waals surface area contributed by atoms with Gasteiger partial charge in [-0.2, -0.15) is 0 Å². The number of methoxy groups -OCH3 is 1. The fourth-order valence-corrected chi connectivity index (χ4v) is 1.94. The number of halogens is 2. The molecule has 0 heterocycles. The summed E-state index contributed by atoms with van der Waals surface area (Å²) in [6.07, 6.45) is 0. The lowest BCUT2D eigenvalue weighted by atomic mass is 10.3. The first kappa shape index (κ1) is 12.8. The zero-order valence-corrected chi connectivity index (χ0v) is 11.9. The quantitative estimate of drug-likeness (QED) is 0.493. The highest BCUT2D eigenvalue weighted by Gasteiger charge is 2.14. The van der Waals surface area contributed by atoms with Gasteiger partial charge in [-0.25, -0.2) is 0 Å². The summed E-state index contributed by atoms with van der Waals surface area (Å²) in [7, 11) is 1.38. The zero-order valence-electron chi connectivity index (χ0n) is 8.17. The number of rotatable bonds is 4. The highest BCUT2D eigenvalue weighted by molar-refractivity contribution is 14.1. The normalized spacial score (nSPS) is 11.9. The second kappa shape index (κ2) is 6.32. The van der Waals surface area contributed by atoms with Crippen LogP contribution in [-0.4, -0.2) is 24.5 Å². The summed E-state index contributed by atoms with van der Waals surface area (Å²) >= 11 is 5.49. The Morgan fingerprint density at radius 2 is 2.27 bits per heavy atom. The molecule has 0 bridgehead atoms. The molecule has 0 aliphatic heterocycles. The molecule has 15 heavy (non-hydrogen) atoms. The molecule has 0 spiro atoms. The predicted molar refractivity (Wildman–Crippen MR) is 72.4 cm³/mol. The first-order valence-electron chi connectivity index (χ1n) is 4.35. The first-order chi connectivity index (χ1) is 7.15. The molecule has 1 unspecified atom stereocenters. The van der Waals surface area contributed by atoms with Gasteiger partial charge in [-0.15, -0.1) is 0 Å². The number of esters is 1. The number of hydrogen-bond donors (Lipinski definition) is 1. The molecule has 1 N–H and O–H groups in total. The largest absolute Gasteiger partial charge is 0.468 e. The summed E-state index contributed by atoms with van der Waals surface area (Å²) < 4.78 is 5.73. The van der Waals surface area contributed by atoms with Gasteiger partial charge in [0.05, 0.1) is 7.11 Å². The highest BCUT2D eigenvalue weighted by atomic mass is 127. The van der Waals surface area contributed by atoms with Crippen LogP contribution >= 0.6 is 38.5 Å². The summed E-state index contributed by atoms with van der Waals surface area (Å²) in [6, 6.07) is 7.90. The molecule has 82 valence electrons. The Morgan fingerprint density at radius 3 is 2.87 bits per heavy atom. The highest BCUT2D eigenvalue weighted by Crippen LogP contribution is 2.17. The average Bonchev–Trinajstić information content (AvgIpc) is 2.26. The van der Waals surface area contributed by atoms with Crippen LogP contribution in [0.2, 0.25) is 0 Å². The SMILES string of the molecule is COC(=O)C(Br)CNc1ccccc1I. The van der Waals surface area contributed by atoms with Crippen LogP contribution in [0.4, 0.5) is 5.69 Å². The van der Waals surface area contributed by atoms with Crippen LogP contribution in [-0.2, 0) is 9.53 Å². The second-order valence-corrected chi connectivity index (χ2v) is 5.12. The number of anilines is 1. The minimum absolute atomic E-state index is 0.270. The van der Waals surface area contributed by atoms with Crippen molar-refractivity contribution in [3.05, 3.63) is 27.8 Å². The Bertz CT molecular complexity index is 346. The lowest BCUT2D eigenvalue weighted by Crippen LogP contribution is -2.24. The fraction of sp³-hybridized carbons (Fsp3) is 0.300. The van der Waals surface area contributed by atoms with E-state index >= 15 is 0 Å². The van der Waals surface area contributed by atoms with Gasteiger partial charge in [0.15, 0.2) is 0 Å². The van der Waals surface area contributed by atoms with E-state index < -0.39 is 0 Å². The maximum Gasteiger partial charge on any atom is 0.321 e. The topological polar surface area (TPSA) is 38.3 Å². The van der Waals surface area contributed by atoms with Gasteiger partial charge in [0.25, 0.3) is 0 Å². The van der Waals surface area contributed by atoms with Crippen LogP contribution in [0.15, 0.2) is 24.3 Å². The number of carbonyl (C=O) groups excluding carboxylic acids is 1. The van der Waals surface area contributed by atoms with E-state index in [-0.39, 0.29) is 10.8 Å². The molecule has 0 saturated heterocycles. The van der Waals surface area contributed by atoms with Crippen molar-refractivity contribution < 1.29 is 9.53 Å². The van der Waals surface area contributed by atoms with E-state index in [1.807, 2.05) is 24.3 Å². The van der Waals surface area contributed by atoms with Gasteiger partial charge >= 0.3 is 5.97 Å². The number of nitrogens with one attached hydrogen (secondary N) is 1. The molecule has 1 rings (SSSR count). The number of ether oxygens (including phenoxy) is 1. The monoisotopic (exact) mass is 383 g/mol. The number of carbonyl (C=O) groups is 1. The zero-order chi connectivity index (χ0) is 11.3. The van der Waals surface area contributed by atoms with Crippen molar-refractivity contribution >= 4 is 50.2 Å². The Labute approximate surface area is 111 Å². The van der Waals surface area contributed by atoms with Crippen LogP contribution in [0.25, 0.3) is 0 Å². The predicted octanol–water partition coefficient (Wildman–Crippen LogP) is 2.64. The smallest absolute Gasteiger partial charge is 0.321 e. The van der Waals surface area contributed by atoms with E-state index in [4.69, 9.17) is 0 Å². The van der Waals surface area contributed by atoms with Gasteiger partial charge in [0.2, 0.25) is 0 Å². The third kappa shape index (κ3) is 3.98. The van der Waals surface area contributed by atoms with Crippen molar-refractivity contribution in [2.24, 2.45) is 0 Å². The summed E-state index contributed by atoms with van der Waals surface area (Å²) in [4.78, 5) is 10.8. The standard InChI is InChI=1S/C10H11BrINO2/c1-15-10(14)7(11)6-13-9-5-3-2-4-8(9)12/h2-5,7,13H,6H2,1H3. The maximum atomic E-state index is 11.1. The van der Waals surface area contributed by atoms with Crippen LogP contribution in [0.3, 0.4) is 0 Å².